The third-order valence-corrected chi connectivity index (χ3v) is 3.47. The number of halogens is 4. The second-order valence-electron chi connectivity index (χ2n) is 5.12. The van der Waals surface area contributed by atoms with E-state index in [0.29, 0.717) is 24.4 Å². The summed E-state index contributed by atoms with van der Waals surface area (Å²) < 4.78 is 36.8. The second kappa shape index (κ2) is 6.17. The van der Waals surface area contributed by atoms with Crippen LogP contribution in [0.3, 0.4) is 0 Å². The van der Waals surface area contributed by atoms with Crippen molar-refractivity contribution in [2.75, 3.05) is 26.2 Å². The lowest BCUT2D eigenvalue weighted by atomic mass is 10.1. The van der Waals surface area contributed by atoms with Crippen molar-refractivity contribution in [1.29, 1.82) is 0 Å². The first kappa shape index (κ1) is 17.0. The molecule has 2 heterocycles. The number of hydrogen-bond acceptors (Lipinski definition) is 3. The zero-order valence-electron chi connectivity index (χ0n) is 10.7. The minimum absolute atomic E-state index is 0. The Bertz CT molecular complexity index is 392. The van der Waals surface area contributed by atoms with Crippen LogP contribution in [-0.4, -0.2) is 60.0 Å². The smallest absolute Gasteiger partial charge is 0.341 e. The average molecular weight is 316 g/mol. The zero-order chi connectivity index (χ0) is 14.2. The Kier molecular flexibility index (Phi) is 5.26. The highest BCUT2D eigenvalue weighted by Crippen LogP contribution is 2.25. The molecule has 2 amide bonds. The van der Waals surface area contributed by atoms with Crippen LogP contribution in [0.1, 0.15) is 12.8 Å². The van der Waals surface area contributed by atoms with Gasteiger partial charge in [0.25, 0.3) is 0 Å². The molecule has 9 heteroatoms. The lowest BCUT2D eigenvalue weighted by molar-refractivity contribution is -0.157. The molecule has 2 aliphatic heterocycles. The molecule has 2 saturated heterocycles. The van der Waals surface area contributed by atoms with Gasteiger partial charge < -0.3 is 15.5 Å². The van der Waals surface area contributed by atoms with E-state index in [0.717, 1.165) is 0 Å². The summed E-state index contributed by atoms with van der Waals surface area (Å²) in [6.07, 6.45) is -3.87. The van der Waals surface area contributed by atoms with Crippen molar-refractivity contribution < 1.29 is 22.8 Å². The molecule has 0 spiro atoms. The van der Waals surface area contributed by atoms with Gasteiger partial charge in [0, 0.05) is 32.1 Å². The third-order valence-electron chi connectivity index (χ3n) is 3.47. The normalized spacial score (nSPS) is 26.9. The highest BCUT2D eigenvalue weighted by molar-refractivity contribution is 5.89. The van der Waals surface area contributed by atoms with Gasteiger partial charge in [-0.2, -0.15) is 13.2 Å². The van der Waals surface area contributed by atoms with Gasteiger partial charge in [0.15, 0.2) is 0 Å². The standard InChI is InChI=1S/C11H16F3N3O2.ClH/c12-11(13,14)6-17-4-7(3-9(17)18)10(19)16-2-1-8(15)5-16;/h7-8H,1-6,15H2;1H/t7?,8-;/m1./s1. The average Bonchev–Trinajstić information content (AvgIpc) is 2.84. The largest absolute Gasteiger partial charge is 0.406 e. The van der Waals surface area contributed by atoms with E-state index in [4.69, 9.17) is 5.73 Å². The fraction of sp³-hybridized carbons (Fsp3) is 0.818. The van der Waals surface area contributed by atoms with Crippen molar-refractivity contribution in [3.8, 4) is 0 Å². The van der Waals surface area contributed by atoms with Crippen LogP contribution in [0.25, 0.3) is 0 Å². The maximum Gasteiger partial charge on any atom is 0.406 e. The first-order chi connectivity index (χ1) is 8.76. The molecule has 0 aromatic heterocycles. The van der Waals surface area contributed by atoms with E-state index in [-0.39, 0.29) is 37.3 Å². The molecule has 0 aromatic rings. The second-order valence-corrected chi connectivity index (χ2v) is 5.12. The Hall–Kier alpha value is -1.02. The van der Waals surface area contributed by atoms with Crippen LogP contribution in [-0.2, 0) is 9.59 Å². The number of rotatable bonds is 2. The summed E-state index contributed by atoms with van der Waals surface area (Å²) in [5, 5.41) is 0. The number of alkyl halides is 3. The van der Waals surface area contributed by atoms with E-state index in [1.807, 2.05) is 0 Å². The van der Waals surface area contributed by atoms with Crippen LogP contribution in [0.2, 0.25) is 0 Å². The van der Waals surface area contributed by atoms with Gasteiger partial charge in [0.1, 0.15) is 6.54 Å². The molecule has 0 aliphatic carbocycles. The maximum atomic E-state index is 12.3. The van der Waals surface area contributed by atoms with Crippen LogP contribution >= 0.6 is 12.4 Å². The van der Waals surface area contributed by atoms with Crippen LogP contribution in [0, 0.1) is 5.92 Å². The van der Waals surface area contributed by atoms with E-state index in [1.165, 1.54) is 0 Å². The highest BCUT2D eigenvalue weighted by atomic mass is 35.5. The predicted molar refractivity (Wildman–Crippen MR) is 67.2 cm³/mol. The van der Waals surface area contributed by atoms with Crippen LogP contribution in [0.4, 0.5) is 13.2 Å². The molecular weight excluding hydrogens is 299 g/mol. The number of amides is 2. The lowest BCUT2D eigenvalue weighted by Gasteiger charge is -2.21. The summed E-state index contributed by atoms with van der Waals surface area (Å²) in [6, 6.07) is -0.0765. The predicted octanol–water partition coefficient (Wildman–Crippen LogP) is 0.379. The van der Waals surface area contributed by atoms with Gasteiger partial charge in [-0.15, -0.1) is 12.4 Å². The molecule has 2 aliphatic rings. The number of nitrogens with zero attached hydrogens (tertiary/aromatic N) is 2. The van der Waals surface area contributed by atoms with Crippen molar-refractivity contribution in [1.82, 2.24) is 9.80 Å². The maximum absolute atomic E-state index is 12.3. The summed E-state index contributed by atoms with van der Waals surface area (Å²) in [5.74, 6) is -1.54. The molecule has 0 bridgehead atoms. The molecule has 20 heavy (non-hydrogen) atoms. The molecule has 0 saturated carbocycles. The SMILES string of the molecule is Cl.N[C@@H]1CCN(C(=O)C2CC(=O)N(CC(F)(F)F)C2)C1. The molecule has 0 radical (unpaired) electrons. The van der Waals surface area contributed by atoms with Crippen LogP contribution in [0.15, 0.2) is 0 Å². The number of hydrogen-bond donors (Lipinski definition) is 1. The minimum atomic E-state index is -4.43. The van der Waals surface area contributed by atoms with Crippen molar-refractivity contribution in [3.05, 3.63) is 0 Å². The molecule has 2 rings (SSSR count). The fourth-order valence-electron chi connectivity index (χ4n) is 2.55. The highest BCUT2D eigenvalue weighted by Gasteiger charge is 2.42. The number of carbonyl (C=O) groups excluding carboxylic acids is 2. The summed E-state index contributed by atoms with van der Waals surface area (Å²) >= 11 is 0. The molecule has 2 atom stereocenters. The molecule has 1 unspecified atom stereocenters. The molecule has 2 fully saturated rings. The van der Waals surface area contributed by atoms with Crippen LogP contribution in [0.5, 0.6) is 0 Å². The van der Waals surface area contributed by atoms with Gasteiger partial charge in [-0.1, -0.05) is 0 Å². The number of likely N-dealkylation sites (tertiary alicyclic amines) is 2. The minimum Gasteiger partial charge on any atom is -0.341 e. The lowest BCUT2D eigenvalue weighted by Crippen LogP contribution is -2.39. The van der Waals surface area contributed by atoms with Crippen molar-refractivity contribution in [2.45, 2.75) is 25.1 Å². The number of carbonyl (C=O) groups is 2. The van der Waals surface area contributed by atoms with Crippen molar-refractivity contribution >= 4 is 24.2 Å². The quantitative estimate of drug-likeness (QED) is 0.801. The van der Waals surface area contributed by atoms with Gasteiger partial charge >= 0.3 is 6.18 Å². The Balaban J connectivity index is 0.00000200. The third kappa shape index (κ3) is 3.99. The first-order valence-corrected chi connectivity index (χ1v) is 6.15. The monoisotopic (exact) mass is 315 g/mol. The molecule has 5 nitrogen and oxygen atoms in total. The van der Waals surface area contributed by atoms with Crippen LogP contribution < -0.4 is 5.73 Å². The molecule has 0 aromatic carbocycles. The zero-order valence-corrected chi connectivity index (χ0v) is 11.5. The van der Waals surface area contributed by atoms with Gasteiger partial charge in [-0.25, -0.2) is 0 Å². The Labute approximate surface area is 120 Å². The topological polar surface area (TPSA) is 66.6 Å². The van der Waals surface area contributed by atoms with Gasteiger partial charge in [0.2, 0.25) is 11.8 Å². The van der Waals surface area contributed by atoms with Gasteiger partial charge in [-0.05, 0) is 6.42 Å². The van der Waals surface area contributed by atoms with Crippen molar-refractivity contribution in [2.24, 2.45) is 11.7 Å². The molecule has 116 valence electrons. The van der Waals surface area contributed by atoms with Crippen molar-refractivity contribution in [3.63, 3.8) is 0 Å². The Morgan fingerprint density at radius 2 is 2.00 bits per heavy atom. The first-order valence-electron chi connectivity index (χ1n) is 6.15. The summed E-state index contributed by atoms with van der Waals surface area (Å²) in [7, 11) is 0. The number of nitrogens with two attached hydrogens (primary N) is 1. The molecule has 2 N–H and O–H groups in total. The molecular formula is C11H17ClF3N3O2. The van der Waals surface area contributed by atoms with Gasteiger partial charge in [-0.3, -0.25) is 9.59 Å². The summed E-state index contributed by atoms with van der Waals surface area (Å²) in [5.41, 5.74) is 5.68. The van der Waals surface area contributed by atoms with E-state index in [1.54, 1.807) is 4.90 Å². The summed E-state index contributed by atoms with van der Waals surface area (Å²) in [6.45, 7) is -0.495. The summed E-state index contributed by atoms with van der Waals surface area (Å²) in [4.78, 5) is 25.8. The van der Waals surface area contributed by atoms with Gasteiger partial charge in [0.05, 0.1) is 5.92 Å². The fourth-order valence-corrected chi connectivity index (χ4v) is 2.55. The van der Waals surface area contributed by atoms with E-state index >= 15 is 0 Å². The Morgan fingerprint density at radius 1 is 1.35 bits per heavy atom. The van der Waals surface area contributed by atoms with E-state index in [2.05, 4.69) is 0 Å². The van der Waals surface area contributed by atoms with E-state index < -0.39 is 24.5 Å². The van der Waals surface area contributed by atoms with E-state index in [9.17, 15) is 22.8 Å². The Morgan fingerprint density at radius 3 is 2.50 bits per heavy atom.